The minimum atomic E-state index is 0.709. The minimum Gasteiger partial charge on any atom is -0.329 e. The van der Waals surface area contributed by atoms with Crippen molar-refractivity contribution in [3.63, 3.8) is 0 Å². The lowest BCUT2D eigenvalue weighted by Gasteiger charge is -2.27. The molecule has 1 aliphatic heterocycles. The first kappa shape index (κ1) is 15.8. The van der Waals surface area contributed by atoms with Gasteiger partial charge in [0.15, 0.2) is 0 Å². The summed E-state index contributed by atoms with van der Waals surface area (Å²) < 4.78 is 0. The summed E-state index contributed by atoms with van der Waals surface area (Å²) in [6.45, 7) is 12.2. The Morgan fingerprint density at radius 1 is 1.00 bits per heavy atom. The quantitative estimate of drug-likeness (QED) is 0.330. The second-order valence-corrected chi connectivity index (χ2v) is 4.76. The maximum absolute atomic E-state index is 5.57. The Balaban J connectivity index is 1.95. The van der Waals surface area contributed by atoms with E-state index in [0.717, 1.165) is 52.4 Å². The van der Waals surface area contributed by atoms with Gasteiger partial charge in [0.1, 0.15) is 0 Å². The normalized spacial score (nSPS) is 17.5. The number of piperazine rings is 1. The smallest absolute Gasteiger partial charge is 0.0108 e. The van der Waals surface area contributed by atoms with Crippen LogP contribution in [0.2, 0.25) is 0 Å². The topological polar surface area (TPSA) is 82.6 Å². The summed E-state index contributed by atoms with van der Waals surface area (Å²) in [5.74, 6) is 0. The van der Waals surface area contributed by atoms with Crippen molar-refractivity contribution >= 4 is 0 Å². The molecule has 0 saturated carbocycles. The van der Waals surface area contributed by atoms with Crippen LogP contribution in [0.4, 0.5) is 0 Å². The standard InChI is InChI=1S/C12H30N6/c13-1-7-17(8-2-14)9-3-15-4-10-18-11-5-16-6-12-18/h15-16H,1-14H2. The summed E-state index contributed by atoms with van der Waals surface area (Å²) in [6.07, 6.45) is 0. The minimum absolute atomic E-state index is 0.709. The van der Waals surface area contributed by atoms with E-state index >= 15 is 0 Å². The lowest BCUT2D eigenvalue weighted by atomic mass is 10.3. The maximum Gasteiger partial charge on any atom is 0.0108 e. The Morgan fingerprint density at radius 3 is 2.28 bits per heavy atom. The third kappa shape index (κ3) is 7.25. The first-order valence-corrected chi connectivity index (χ1v) is 7.13. The molecular formula is C12H30N6. The first-order chi connectivity index (χ1) is 8.86. The summed E-state index contributed by atoms with van der Waals surface area (Å²) in [7, 11) is 0. The Morgan fingerprint density at radius 2 is 1.67 bits per heavy atom. The molecule has 0 radical (unpaired) electrons. The van der Waals surface area contributed by atoms with Gasteiger partial charge in [0, 0.05) is 78.5 Å². The molecule has 1 saturated heterocycles. The summed E-state index contributed by atoms with van der Waals surface area (Å²) in [6, 6.07) is 0. The predicted octanol–water partition coefficient (Wildman–Crippen LogP) is -2.30. The molecule has 0 atom stereocenters. The van der Waals surface area contributed by atoms with E-state index in [0.29, 0.717) is 13.1 Å². The molecule has 108 valence electrons. The molecular weight excluding hydrogens is 228 g/mol. The molecule has 6 N–H and O–H groups in total. The first-order valence-electron chi connectivity index (χ1n) is 7.13. The number of hydrogen-bond acceptors (Lipinski definition) is 6. The highest BCUT2D eigenvalue weighted by molar-refractivity contribution is 4.68. The molecule has 18 heavy (non-hydrogen) atoms. The molecule has 0 spiro atoms. The predicted molar refractivity (Wildman–Crippen MR) is 76.7 cm³/mol. The average molecular weight is 258 g/mol. The van der Waals surface area contributed by atoms with Crippen molar-refractivity contribution in [2.24, 2.45) is 11.5 Å². The van der Waals surface area contributed by atoms with E-state index in [1.807, 2.05) is 0 Å². The maximum atomic E-state index is 5.57. The van der Waals surface area contributed by atoms with E-state index in [1.165, 1.54) is 13.1 Å². The van der Waals surface area contributed by atoms with Crippen LogP contribution < -0.4 is 22.1 Å². The van der Waals surface area contributed by atoms with Gasteiger partial charge in [-0.25, -0.2) is 0 Å². The molecule has 6 heteroatoms. The van der Waals surface area contributed by atoms with Gasteiger partial charge in [-0.2, -0.15) is 0 Å². The van der Waals surface area contributed by atoms with Crippen LogP contribution in [-0.4, -0.2) is 88.3 Å². The monoisotopic (exact) mass is 258 g/mol. The van der Waals surface area contributed by atoms with Gasteiger partial charge in [0.2, 0.25) is 0 Å². The Labute approximate surface area is 111 Å². The van der Waals surface area contributed by atoms with E-state index in [2.05, 4.69) is 20.4 Å². The SMILES string of the molecule is NCCN(CCN)CCNCCN1CCNCC1. The Bertz CT molecular complexity index is 177. The molecule has 0 amide bonds. The van der Waals surface area contributed by atoms with Gasteiger partial charge in [-0.15, -0.1) is 0 Å². The molecule has 0 unspecified atom stereocenters. The van der Waals surface area contributed by atoms with Crippen LogP contribution in [0, 0.1) is 0 Å². The van der Waals surface area contributed by atoms with Gasteiger partial charge in [-0.1, -0.05) is 0 Å². The van der Waals surface area contributed by atoms with Crippen molar-refractivity contribution in [3.05, 3.63) is 0 Å². The zero-order valence-electron chi connectivity index (χ0n) is 11.5. The summed E-state index contributed by atoms with van der Waals surface area (Å²) in [4.78, 5) is 4.82. The van der Waals surface area contributed by atoms with Crippen LogP contribution >= 0.6 is 0 Å². The molecule has 0 bridgehead atoms. The molecule has 0 aromatic carbocycles. The number of rotatable bonds is 10. The van der Waals surface area contributed by atoms with Crippen LogP contribution in [0.25, 0.3) is 0 Å². The summed E-state index contributed by atoms with van der Waals surface area (Å²) in [5, 5.41) is 6.86. The van der Waals surface area contributed by atoms with E-state index < -0.39 is 0 Å². The van der Waals surface area contributed by atoms with Crippen LogP contribution in [0.1, 0.15) is 0 Å². The average Bonchev–Trinajstić information content (AvgIpc) is 2.40. The number of nitrogens with one attached hydrogen (secondary N) is 2. The van der Waals surface area contributed by atoms with Crippen LogP contribution in [0.5, 0.6) is 0 Å². The molecule has 1 rings (SSSR count). The van der Waals surface area contributed by atoms with Crippen molar-refractivity contribution < 1.29 is 0 Å². The highest BCUT2D eigenvalue weighted by Crippen LogP contribution is 1.90. The molecule has 1 aliphatic rings. The Hall–Kier alpha value is -0.240. The lowest BCUT2D eigenvalue weighted by molar-refractivity contribution is 0.237. The van der Waals surface area contributed by atoms with E-state index in [9.17, 15) is 0 Å². The molecule has 0 aliphatic carbocycles. The summed E-state index contributed by atoms with van der Waals surface area (Å²) >= 11 is 0. The van der Waals surface area contributed by atoms with E-state index in [1.54, 1.807) is 0 Å². The van der Waals surface area contributed by atoms with Gasteiger partial charge < -0.3 is 22.1 Å². The van der Waals surface area contributed by atoms with Gasteiger partial charge in [-0.05, 0) is 0 Å². The van der Waals surface area contributed by atoms with Gasteiger partial charge in [0.05, 0.1) is 0 Å². The van der Waals surface area contributed by atoms with Gasteiger partial charge in [-0.3, -0.25) is 9.80 Å². The largest absolute Gasteiger partial charge is 0.329 e. The van der Waals surface area contributed by atoms with E-state index in [4.69, 9.17) is 11.5 Å². The third-order valence-electron chi connectivity index (χ3n) is 3.31. The second kappa shape index (κ2) is 10.7. The van der Waals surface area contributed by atoms with Crippen LogP contribution in [0.3, 0.4) is 0 Å². The molecule has 1 heterocycles. The number of hydrogen-bond donors (Lipinski definition) is 4. The van der Waals surface area contributed by atoms with Gasteiger partial charge in [0.25, 0.3) is 0 Å². The fourth-order valence-corrected chi connectivity index (χ4v) is 2.23. The fraction of sp³-hybridized carbons (Fsp3) is 1.00. The summed E-state index contributed by atoms with van der Waals surface area (Å²) in [5.41, 5.74) is 11.1. The molecule has 0 aromatic heterocycles. The molecule has 1 fully saturated rings. The van der Waals surface area contributed by atoms with Crippen molar-refractivity contribution in [1.82, 2.24) is 20.4 Å². The second-order valence-electron chi connectivity index (χ2n) is 4.76. The van der Waals surface area contributed by atoms with Gasteiger partial charge >= 0.3 is 0 Å². The van der Waals surface area contributed by atoms with Crippen molar-refractivity contribution in [2.45, 2.75) is 0 Å². The Kier molecular flexibility index (Phi) is 9.37. The van der Waals surface area contributed by atoms with Crippen molar-refractivity contribution in [1.29, 1.82) is 0 Å². The van der Waals surface area contributed by atoms with E-state index in [-0.39, 0.29) is 0 Å². The molecule has 6 nitrogen and oxygen atoms in total. The molecule has 0 aromatic rings. The number of nitrogens with two attached hydrogens (primary N) is 2. The van der Waals surface area contributed by atoms with Crippen molar-refractivity contribution in [3.8, 4) is 0 Å². The highest BCUT2D eigenvalue weighted by atomic mass is 15.2. The van der Waals surface area contributed by atoms with Crippen LogP contribution in [0.15, 0.2) is 0 Å². The fourth-order valence-electron chi connectivity index (χ4n) is 2.23. The highest BCUT2D eigenvalue weighted by Gasteiger charge is 2.08. The van der Waals surface area contributed by atoms with Crippen molar-refractivity contribution in [2.75, 3.05) is 78.5 Å². The zero-order chi connectivity index (χ0) is 13.1. The lowest BCUT2D eigenvalue weighted by Crippen LogP contribution is -2.46. The van der Waals surface area contributed by atoms with Crippen LogP contribution in [-0.2, 0) is 0 Å². The number of nitrogens with zero attached hydrogens (tertiary/aromatic N) is 2. The zero-order valence-corrected chi connectivity index (χ0v) is 11.5. The third-order valence-corrected chi connectivity index (χ3v) is 3.31.